The van der Waals surface area contributed by atoms with Gasteiger partial charge in [-0.05, 0) is 13.3 Å². The molecule has 72 valence electrons. The van der Waals surface area contributed by atoms with Crippen LogP contribution in [-0.4, -0.2) is 28.6 Å². The van der Waals surface area contributed by atoms with Gasteiger partial charge in [0.25, 0.3) is 0 Å². The molecule has 0 radical (unpaired) electrons. The van der Waals surface area contributed by atoms with Crippen LogP contribution in [0.1, 0.15) is 33.1 Å². The van der Waals surface area contributed by atoms with Gasteiger partial charge in [-0.15, -0.1) is 0 Å². The van der Waals surface area contributed by atoms with E-state index in [4.69, 9.17) is 9.84 Å². The Morgan fingerprint density at radius 2 is 2.17 bits per heavy atom. The predicted molar refractivity (Wildman–Crippen MR) is 43.7 cm³/mol. The van der Waals surface area contributed by atoms with Crippen LogP contribution in [0, 0.1) is 0 Å². The Morgan fingerprint density at radius 1 is 1.58 bits per heavy atom. The maximum Gasteiger partial charge on any atom is 0.308 e. The van der Waals surface area contributed by atoms with E-state index >= 15 is 0 Å². The van der Waals surface area contributed by atoms with Crippen molar-refractivity contribution in [1.29, 1.82) is 0 Å². The van der Waals surface area contributed by atoms with Crippen LogP contribution in [0.5, 0.6) is 0 Å². The summed E-state index contributed by atoms with van der Waals surface area (Å²) in [6.07, 6.45) is 1.41. The molecule has 0 rings (SSSR count). The summed E-state index contributed by atoms with van der Waals surface area (Å²) in [5, 5.41) is 17.7. The maximum absolute atomic E-state index is 10.2. The lowest BCUT2D eigenvalue weighted by Crippen LogP contribution is -2.31. The summed E-state index contributed by atoms with van der Waals surface area (Å²) < 4.78 is 4.96. The summed E-state index contributed by atoms with van der Waals surface area (Å²) in [5.74, 6) is -2.59. The van der Waals surface area contributed by atoms with Crippen molar-refractivity contribution >= 4 is 5.97 Å². The maximum atomic E-state index is 10.2. The standard InChI is InChI=1S/C8H16O4/c1-3-4-5-12-8(2,11)6-7(9)10/h11H,3-6H2,1-2H3,(H,9,10). The zero-order valence-corrected chi connectivity index (χ0v) is 7.54. The predicted octanol–water partition coefficient (Wildman–Crippen LogP) is 0.986. The van der Waals surface area contributed by atoms with E-state index in [9.17, 15) is 9.90 Å². The Hall–Kier alpha value is -0.610. The first kappa shape index (κ1) is 11.4. The molecular weight excluding hydrogens is 160 g/mol. The first-order valence-corrected chi connectivity index (χ1v) is 4.06. The van der Waals surface area contributed by atoms with Crippen molar-refractivity contribution in [1.82, 2.24) is 0 Å². The third-order valence-electron chi connectivity index (χ3n) is 1.39. The molecule has 0 aliphatic rings. The van der Waals surface area contributed by atoms with Gasteiger partial charge in [0.1, 0.15) is 0 Å². The zero-order chi connectivity index (χ0) is 9.61. The van der Waals surface area contributed by atoms with Gasteiger partial charge in [0.15, 0.2) is 5.79 Å². The van der Waals surface area contributed by atoms with E-state index in [-0.39, 0.29) is 6.42 Å². The second-order valence-corrected chi connectivity index (χ2v) is 2.95. The van der Waals surface area contributed by atoms with Crippen molar-refractivity contribution < 1.29 is 19.7 Å². The lowest BCUT2D eigenvalue weighted by molar-refractivity contribution is -0.201. The number of carbonyl (C=O) groups is 1. The molecule has 1 atom stereocenters. The molecule has 12 heavy (non-hydrogen) atoms. The van der Waals surface area contributed by atoms with Gasteiger partial charge in [-0.25, -0.2) is 0 Å². The first-order chi connectivity index (χ1) is 5.48. The molecule has 4 nitrogen and oxygen atoms in total. The monoisotopic (exact) mass is 176 g/mol. The fourth-order valence-electron chi connectivity index (χ4n) is 0.768. The normalized spacial score (nSPS) is 15.6. The molecule has 0 saturated heterocycles. The summed E-state index contributed by atoms with van der Waals surface area (Å²) >= 11 is 0. The third-order valence-corrected chi connectivity index (χ3v) is 1.39. The van der Waals surface area contributed by atoms with Crippen molar-refractivity contribution in [3.63, 3.8) is 0 Å². The highest BCUT2D eigenvalue weighted by molar-refractivity contribution is 5.67. The molecule has 4 heteroatoms. The van der Waals surface area contributed by atoms with Crippen LogP contribution in [0.3, 0.4) is 0 Å². The van der Waals surface area contributed by atoms with Crippen LogP contribution in [0.2, 0.25) is 0 Å². The molecular formula is C8H16O4. The summed E-state index contributed by atoms with van der Waals surface area (Å²) in [5.41, 5.74) is 0. The minimum Gasteiger partial charge on any atom is -0.481 e. The van der Waals surface area contributed by atoms with E-state index in [1.807, 2.05) is 6.92 Å². The molecule has 0 amide bonds. The SMILES string of the molecule is CCCCOC(C)(O)CC(=O)O. The van der Waals surface area contributed by atoms with Gasteiger partial charge in [-0.2, -0.15) is 0 Å². The summed E-state index contributed by atoms with van der Waals surface area (Å²) in [4.78, 5) is 10.2. The highest BCUT2D eigenvalue weighted by Gasteiger charge is 2.24. The topological polar surface area (TPSA) is 66.8 Å². The number of carboxylic acid groups (broad SMARTS) is 1. The van der Waals surface area contributed by atoms with E-state index in [0.29, 0.717) is 6.61 Å². The molecule has 0 heterocycles. The Morgan fingerprint density at radius 3 is 2.58 bits per heavy atom. The average molecular weight is 176 g/mol. The number of rotatable bonds is 6. The van der Waals surface area contributed by atoms with E-state index in [1.54, 1.807) is 0 Å². The lowest BCUT2D eigenvalue weighted by Gasteiger charge is -2.21. The summed E-state index contributed by atoms with van der Waals surface area (Å²) in [6, 6.07) is 0. The molecule has 0 aliphatic carbocycles. The fraction of sp³-hybridized carbons (Fsp3) is 0.875. The molecule has 0 saturated carbocycles. The zero-order valence-electron chi connectivity index (χ0n) is 7.54. The number of aliphatic carboxylic acids is 1. The van der Waals surface area contributed by atoms with Crippen LogP contribution >= 0.6 is 0 Å². The molecule has 0 fully saturated rings. The molecule has 0 bridgehead atoms. The van der Waals surface area contributed by atoms with Crippen LogP contribution in [0.25, 0.3) is 0 Å². The molecule has 1 unspecified atom stereocenters. The molecule has 2 N–H and O–H groups in total. The second-order valence-electron chi connectivity index (χ2n) is 2.95. The second kappa shape index (κ2) is 5.11. The molecule has 0 aromatic heterocycles. The van der Waals surface area contributed by atoms with Crippen LogP contribution in [0.4, 0.5) is 0 Å². The van der Waals surface area contributed by atoms with Crippen molar-refractivity contribution in [2.45, 2.75) is 38.9 Å². The summed E-state index contributed by atoms with van der Waals surface area (Å²) in [6.45, 7) is 3.75. The van der Waals surface area contributed by atoms with Crippen molar-refractivity contribution in [2.24, 2.45) is 0 Å². The van der Waals surface area contributed by atoms with Gasteiger partial charge >= 0.3 is 5.97 Å². The van der Waals surface area contributed by atoms with E-state index in [1.165, 1.54) is 6.92 Å². The minimum atomic E-state index is -1.53. The van der Waals surface area contributed by atoms with Crippen molar-refractivity contribution in [3.8, 4) is 0 Å². The van der Waals surface area contributed by atoms with Crippen LogP contribution < -0.4 is 0 Å². The summed E-state index contributed by atoms with van der Waals surface area (Å²) in [7, 11) is 0. The Labute approximate surface area is 72.2 Å². The van der Waals surface area contributed by atoms with Crippen LogP contribution in [0.15, 0.2) is 0 Å². The molecule has 0 aliphatic heterocycles. The Balaban J connectivity index is 3.63. The van der Waals surface area contributed by atoms with Crippen molar-refractivity contribution in [2.75, 3.05) is 6.61 Å². The minimum absolute atomic E-state index is 0.378. The van der Waals surface area contributed by atoms with E-state index in [0.717, 1.165) is 12.8 Å². The number of hydrogen-bond donors (Lipinski definition) is 2. The highest BCUT2D eigenvalue weighted by atomic mass is 16.6. The fourth-order valence-corrected chi connectivity index (χ4v) is 0.768. The molecule has 0 aromatic rings. The number of carboxylic acids is 1. The number of ether oxygens (including phenoxy) is 1. The van der Waals surface area contributed by atoms with E-state index < -0.39 is 11.8 Å². The molecule has 0 spiro atoms. The average Bonchev–Trinajstić information content (AvgIpc) is 1.84. The lowest BCUT2D eigenvalue weighted by atomic mass is 10.2. The quantitative estimate of drug-likeness (QED) is 0.467. The number of unbranched alkanes of at least 4 members (excludes halogenated alkanes) is 1. The first-order valence-electron chi connectivity index (χ1n) is 4.06. The van der Waals surface area contributed by atoms with Crippen LogP contribution in [-0.2, 0) is 9.53 Å². The smallest absolute Gasteiger partial charge is 0.308 e. The van der Waals surface area contributed by atoms with E-state index in [2.05, 4.69) is 0 Å². The Kier molecular flexibility index (Phi) is 4.85. The van der Waals surface area contributed by atoms with Gasteiger partial charge in [0, 0.05) is 0 Å². The Bertz CT molecular complexity index is 142. The highest BCUT2D eigenvalue weighted by Crippen LogP contribution is 2.11. The van der Waals surface area contributed by atoms with Crippen molar-refractivity contribution in [3.05, 3.63) is 0 Å². The van der Waals surface area contributed by atoms with Gasteiger partial charge in [-0.1, -0.05) is 13.3 Å². The number of aliphatic hydroxyl groups is 1. The molecule has 0 aromatic carbocycles. The van der Waals surface area contributed by atoms with Gasteiger partial charge in [0.05, 0.1) is 13.0 Å². The largest absolute Gasteiger partial charge is 0.481 e. The van der Waals surface area contributed by atoms with Gasteiger partial charge in [0.2, 0.25) is 0 Å². The third kappa shape index (κ3) is 6.12. The van der Waals surface area contributed by atoms with Gasteiger partial charge < -0.3 is 14.9 Å². The van der Waals surface area contributed by atoms with Gasteiger partial charge in [-0.3, -0.25) is 4.79 Å². The number of hydrogen-bond acceptors (Lipinski definition) is 3.